The summed E-state index contributed by atoms with van der Waals surface area (Å²) < 4.78 is 27.1. The third-order valence-electron chi connectivity index (χ3n) is 1.96. The molecule has 0 aromatic carbocycles. The Morgan fingerprint density at radius 1 is 1.19 bits per heavy atom. The maximum Gasteiger partial charge on any atom is 0.147 e. The first-order valence-corrected chi connectivity index (χ1v) is 7.94. The molecule has 5 heteroatoms. The van der Waals surface area contributed by atoms with E-state index in [9.17, 15) is 8.42 Å². The fourth-order valence-electron chi connectivity index (χ4n) is 1.20. The van der Waals surface area contributed by atoms with E-state index < -0.39 is 9.84 Å². The molecule has 0 aliphatic carbocycles. The van der Waals surface area contributed by atoms with Crippen molar-refractivity contribution in [1.82, 2.24) is 5.32 Å². The van der Waals surface area contributed by atoms with E-state index in [-0.39, 0.29) is 5.75 Å². The van der Waals surface area contributed by atoms with Gasteiger partial charge < -0.3 is 10.1 Å². The van der Waals surface area contributed by atoms with Gasteiger partial charge in [-0.2, -0.15) is 0 Å². The fraction of sp³-hybridized carbons (Fsp3) is 1.00. The van der Waals surface area contributed by atoms with Crippen molar-refractivity contribution in [2.45, 2.75) is 26.7 Å². The summed E-state index contributed by atoms with van der Waals surface area (Å²) in [7, 11) is -2.80. The average molecular weight is 251 g/mol. The van der Waals surface area contributed by atoms with Gasteiger partial charge in [0.1, 0.15) is 9.84 Å². The molecule has 98 valence electrons. The summed E-state index contributed by atoms with van der Waals surface area (Å²) in [5.74, 6) is 0.854. The fourth-order valence-corrected chi connectivity index (χ4v) is 1.87. The van der Waals surface area contributed by atoms with Crippen LogP contribution in [-0.4, -0.2) is 46.7 Å². The molecular formula is C11H25NO3S. The maximum atomic E-state index is 10.8. The van der Waals surface area contributed by atoms with Gasteiger partial charge in [0.05, 0.1) is 5.75 Å². The number of rotatable bonds is 10. The third kappa shape index (κ3) is 13.9. The minimum absolute atomic E-state index is 0.268. The Balaban J connectivity index is 3.10. The lowest BCUT2D eigenvalue weighted by Crippen LogP contribution is -2.20. The Bertz CT molecular complexity index is 250. The SMILES string of the molecule is CC(C)COCCCNCCCS(C)(=O)=O. The first-order valence-electron chi connectivity index (χ1n) is 5.88. The van der Waals surface area contributed by atoms with Gasteiger partial charge in [-0.3, -0.25) is 0 Å². The minimum atomic E-state index is -2.80. The van der Waals surface area contributed by atoms with Crippen molar-refractivity contribution in [1.29, 1.82) is 0 Å². The zero-order valence-corrected chi connectivity index (χ0v) is 11.5. The Morgan fingerprint density at radius 2 is 1.81 bits per heavy atom. The normalized spacial score (nSPS) is 12.2. The smallest absolute Gasteiger partial charge is 0.147 e. The van der Waals surface area contributed by atoms with Gasteiger partial charge in [0.15, 0.2) is 0 Å². The van der Waals surface area contributed by atoms with Gasteiger partial charge in [0.2, 0.25) is 0 Å². The first kappa shape index (κ1) is 15.9. The van der Waals surface area contributed by atoms with Gasteiger partial charge >= 0.3 is 0 Å². The van der Waals surface area contributed by atoms with E-state index in [1.165, 1.54) is 6.26 Å². The van der Waals surface area contributed by atoms with E-state index in [2.05, 4.69) is 19.2 Å². The van der Waals surface area contributed by atoms with Crippen LogP contribution in [0.15, 0.2) is 0 Å². The molecule has 0 aliphatic rings. The monoisotopic (exact) mass is 251 g/mol. The molecule has 0 saturated heterocycles. The number of hydrogen-bond acceptors (Lipinski definition) is 4. The van der Waals surface area contributed by atoms with Crippen molar-refractivity contribution in [2.24, 2.45) is 5.92 Å². The van der Waals surface area contributed by atoms with Gasteiger partial charge in [-0.15, -0.1) is 0 Å². The minimum Gasteiger partial charge on any atom is -0.381 e. The lowest BCUT2D eigenvalue weighted by Gasteiger charge is -2.07. The van der Waals surface area contributed by atoms with E-state index in [1.54, 1.807) is 0 Å². The zero-order chi connectivity index (χ0) is 12.4. The standard InChI is InChI=1S/C11H25NO3S/c1-11(2)10-15-8-4-6-12-7-5-9-16(3,13)14/h11-12H,4-10H2,1-3H3. The van der Waals surface area contributed by atoms with E-state index in [0.717, 1.165) is 32.7 Å². The topological polar surface area (TPSA) is 55.4 Å². The molecule has 0 amide bonds. The summed E-state index contributed by atoms with van der Waals surface area (Å²) in [6.45, 7) is 7.50. The first-order chi connectivity index (χ1) is 7.42. The highest BCUT2D eigenvalue weighted by atomic mass is 32.2. The number of nitrogens with one attached hydrogen (secondary N) is 1. The Labute approximate surface area is 99.7 Å². The van der Waals surface area contributed by atoms with Gasteiger partial charge in [0, 0.05) is 19.5 Å². The summed E-state index contributed by atoms with van der Waals surface area (Å²) >= 11 is 0. The van der Waals surface area contributed by atoms with Gasteiger partial charge in [-0.05, 0) is 31.8 Å². The Morgan fingerprint density at radius 3 is 2.38 bits per heavy atom. The molecular weight excluding hydrogens is 226 g/mol. The number of hydrogen-bond donors (Lipinski definition) is 1. The Kier molecular flexibility index (Phi) is 8.89. The predicted octanol–water partition coefficient (Wildman–Crippen LogP) is 1.07. The third-order valence-corrected chi connectivity index (χ3v) is 2.99. The molecule has 0 aromatic rings. The maximum absolute atomic E-state index is 10.8. The second-order valence-corrected chi connectivity index (χ2v) is 6.82. The van der Waals surface area contributed by atoms with Gasteiger partial charge in [0.25, 0.3) is 0 Å². The Hall–Kier alpha value is -0.130. The highest BCUT2D eigenvalue weighted by molar-refractivity contribution is 7.90. The molecule has 0 radical (unpaired) electrons. The van der Waals surface area contributed by atoms with Crippen LogP contribution in [0.5, 0.6) is 0 Å². The highest BCUT2D eigenvalue weighted by Gasteiger charge is 2.00. The largest absolute Gasteiger partial charge is 0.381 e. The van der Waals surface area contributed by atoms with E-state index in [4.69, 9.17) is 4.74 Å². The van der Waals surface area contributed by atoms with Crippen LogP contribution in [0.25, 0.3) is 0 Å². The van der Waals surface area contributed by atoms with E-state index >= 15 is 0 Å². The summed E-state index contributed by atoms with van der Waals surface area (Å²) in [4.78, 5) is 0. The summed E-state index contributed by atoms with van der Waals surface area (Å²) in [5.41, 5.74) is 0. The van der Waals surface area contributed by atoms with Crippen LogP contribution in [0.1, 0.15) is 26.7 Å². The van der Waals surface area contributed by atoms with Crippen LogP contribution in [0.2, 0.25) is 0 Å². The molecule has 0 rings (SSSR count). The van der Waals surface area contributed by atoms with Crippen molar-refractivity contribution in [2.75, 3.05) is 38.3 Å². The van der Waals surface area contributed by atoms with Gasteiger partial charge in [-0.25, -0.2) is 8.42 Å². The van der Waals surface area contributed by atoms with E-state index in [1.807, 2.05) is 0 Å². The van der Waals surface area contributed by atoms with Crippen molar-refractivity contribution in [3.8, 4) is 0 Å². The average Bonchev–Trinajstić information content (AvgIpc) is 2.13. The second-order valence-electron chi connectivity index (χ2n) is 4.56. The molecule has 0 aromatic heterocycles. The molecule has 0 heterocycles. The van der Waals surface area contributed by atoms with Crippen molar-refractivity contribution >= 4 is 9.84 Å². The van der Waals surface area contributed by atoms with Crippen LogP contribution in [0, 0.1) is 5.92 Å². The van der Waals surface area contributed by atoms with E-state index in [0.29, 0.717) is 12.3 Å². The molecule has 0 unspecified atom stereocenters. The second kappa shape index (κ2) is 8.96. The van der Waals surface area contributed by atoms with Crippen LogP contribution in [0.4, 0.5) is 0 Å². The molecule has 1 N–H and O–H groups in total. The molecule has 16 heavy (non-hydrogen) atoms. The molecule has 0 spiro atoms. The quantitative estimate of drug-likeness (QED) is 0.590. The van der Waals surface area contributed by atoms with Gasteiger partial charge in [-0.1, -0.05) is 13.8 Å². The summed E-state index contributed by atoms with van der Waals surface area (Å²) in [5, 5.41) is 3.20. The summed E-state index contributed by atoms with van der Waals surface area (Å²) in [6.07, 6.45) is 2.93. The molecule has 0 fully saturated rings. The highest BCUT2D eigenvalue weighted by Crippen LogP contribution is 1.93. The van der Waals surface area contributed by atoms with Crippen molar-refractivity contribution in [3.05, 3.63) is 0 Å². The lowest BCUT2D eigenvalue weighted by molar-refractivity contribution is 0.108. The number of ether oxygens (including phenoxy) is 1. The molecule has 4 nitrogen and oxygen atoms in total. The molecule has 0 bridgehead atoms. The van der Waals surface area contributed by atoms with Crippen molar-refractivity contribution < 1.29 is 13.2 Å². The van der Waals surface area contributed by atoms with Crippen LogP contribution in [-0.2, 0) is 14.6 Å². The molecule has 0 atom stereocenters. The predicted molar refractivity (Wildman–Crippen MR) is 67.5 cm³/mol. The van der Waals surface area contributed by atoms with Crippen molar-refractivity contribution in [3.63, 3.8) is 0 Å². The van der Waals surface area contributed by atoms with Crippen LogP contribution >= 0.6 is 0 Å². The number of sulfone groups is 1. The molecule has 0 saturated carbocycles. The molecule has 0 aliphatic heterocycles. The summed E-state index contributed by atoms with van der Waals surface area (Å²) in [6, 6.07) is 0. The van der Waals surface area contributed by atoms with Crippen LogP contribution < -0.4 is 5.32 Å². The zero-order valence-electron chi connectivity index (χ0n) is 10.7. The van der Waals surface area contributed by atoms with Crippen LogP contribution in [0.3, 0.4) is 0 Å². The lowest BCUT2D eigenvalue weighted by atomic mass is 10.2.